The summed E-state index contributed by atoms with van der Waals surface area (Å²) in [7, 11) is 0.0597. The third-order valence-corrected chi connectivity index (χ3v) is 7.22. The average Bonchev–Trinajstić information content (AvgIpc) is 3.13. The molecule has 24 heavy (non-hydrogen) atoms. The first-order chi connectivity index (χ1) is 11.4. The molecule has 2 saturated heterocycles. The van der Waals surface area contributed by atoms with E-state index in [1.54, 1.807) is 0 Å². The maximum absolute atomic E-state index is 8.12. The van der Waals surface area contributed by atoms with E-state index >= 15 is 0 Å². The molecule has 2 aliphatic heterocycles. The highest BCUT2D eigenvalue weighted by molar-refractivity contribution is 6.45. The molecule has 0 spiro atoms. The van der Waals surface area contributed by atoms with Gasteiger partial charge in [0, 0.05) is 0 Å². The minimum absolute atomic E-state index is 0.0160. The molecule has 2 heterocycles. The van der Waals surface area contributed by atoms with E-state index in [1.807, 2.05) is 0 Å². The molecule has 5 fully saturated rings. The second-order valence-electron chi connectivity index (χ2n) is 8.77. The van der Waals surface area contributed by atoms with Crippen molar-refractivity contribution in [2.45, 2.75) is 70.9 Å². The molecule has 3 aliphatic carbocycles. The van der Waals surface area contributed by atoms with Gasteiger partial charge >= 0.3 is 13.3 Å². The second kappa shape index (κ2) is 6.91. The molecular weight excluding hydrogens is 305 g/mol. The fraction of sp³-hybridized carbons (Fsp3) is 0.944. The van der Waals surface area contributed by atoms with Gasteiger partial charge in [0.2, 0.25) is 0 Å². The zero-order valence-corrected chi connectivity index (χ0v) is 15.2. The van der Waals surface area contributed by atoms with Crippen LogP contribution in [0.1, 0.15) is 52.9 Å². The van der Waals surface area contributed by atoms with E-state index in [2.05, 4.69) is 26.1 Å². The van der Waals surface area contributed by atoms with E-state index in [1.165, 1.54) is 45.2 Å². The van der Waals surface area contributed by atoms with E-state index in [-0.39, 0.29) is 18.9 Å². The summed E-state index contributed by atoms with van der Waals surface area (Å²) >= 11 is 0. The van der Waals surface area contributed by atoms with Crippen LogP contribution in [0.4, 0.5) is 0 Å². The molecule has 0 aromatic carbocycles. The van der Waals surface area contributed by atoms with Gasteiger partial charge in [0.1, 0.15) is 0 Å². The van der Waals surface area contributed by atoms with Crippen molar-refractivity contribution in [3.05, 3.63) is 0 Å². The molecule has 134 valence electrons. The lowest BCUT2D eigenvalue weighted by Crippen LogP contribution is -2.65. The zero-order valence-electron chi connectivity index (χ0n) is 15.2. The zero-order chi connectivity index (χ0) is 17.4. The molecule has 6 heteroatoms. The van der Waals surface area contributed by atoms with Crippen molar-refractivity contribution in [2.75, 3.05) is 13.1 Å². The molecule has 0 amide bonds. The molecule has 5 rings (SSSR count). The van der Waals surface area contributed by atoms with Crippen molar-refractivity contribution in [3.63, 3.8) is 0 Å². The van der Waals surface area contributed by atoms with E-state index in [4.69, 9.17) is 18.9 Å². The smallest absolute Gasteiger partial charge is 0.405 e. The van der Waals surface area contributed by atoms with Gasteiger partial charge in [-0.2, -0.15) is 9.59 Å². The molecule has 0 unspecified atom stereocenters. The van der Waals surface area contributed by atoms with E-state index in [0.29, 0.717) is 17.4 Å². The summed E-state index contributed by atoms with van der Waals surface area (Å²) in [5, 5.41) is 3.46. The predicted octanol–water partition coefficient (Wildman–Crippen LogP) is 2.52. The van der Waals surface area contributed by atoms with Gasteiger partial charge in [-0.1, -0.05) is 20.3 Å². The first-order valence-electron chi connectivity index (χ1n) is 9.45. The molecule has 0 aromatic heterocycles. The minimum atomic E-state index is -0.0160. The molecule has 5 nitrogen and oxygen atoms in total. The third kappa shape index (κ3) is 3.10. The quantitative estimate of drug-likeness (QED) is 0.800. The van der Waals surface area contributed by atoms with Gasteiger partial charge in [0.15, 0.2) is 0 Å². The van der Waals surface area contributed by atoms with Gasteiger partial charge in [-0.05, 0) is 75.2 Å². The molecule has 5 aliphatic rings. The predicted molar refractivity (Wildman–Crippen MR) is 90.1 cm³/mol. The Labute approximate surface area is 145 Å². The first kappa shape index (κ1) is 18.1. The monoisotopic (exact) mass is 335 g/mol. The van der Waals surface area contributed by atoms with Crippen molar-refractivity contribution < 1.29 is 18.9 Å². The maximum Gasteiger partial charge on any atom is 0.457 e. The Hall–Kier alpha value is -0.675. The summed E-state index contributed by atoms with van der Waals surface area (Å²) < 4.78 is 12.8. The topological polar surface area (TPSA) is 64.6 Å². The molecule has 0 radical (unpaired) electrons. The highest BCUT2D eigenvalue weighted by Gasteiger charge is 2.67. The lowest BCUT2D eigenvalue weighted by atomic mass is 9.43. The molecule has 0 aromatic rings. The normalized spacial score (nSPS) is 41.7. The summed E-state index contributed by atoms with van der Waals surface area (Å²) in [4.78, 5) is 16.2. The van der Waals surface area contributed by atoms with Crippen molar-refractivity contribution in [1.29, 1.82) is 0 Å². The summed E-state index contributed by atoms with van der Waals surface area (Å²) in [5.41, 5.74) is 0.441. The van der Waals surface area contributed by atoms with Crippen LogP contribution >= 0.6 is 0 Å². The van der Waals surface area contributed by atoms with Crippen molar-refractivity contribution in [3.8, 4) is 0 Å². The summed E-state index contributed by atoms with van der Waals surface area (Å²) in [6.45, 7) is 9.60. The molecule has 1 N–H and O–H groups in total. The standard InChI is InChI=1S/C17H30BNO2.CO2/c1-16(2)13-9-14(16)17(3)15(10-13)20-18(21-17)7-4-5-12-6-8-19-11-12;2-1-3/h12-15,19H,4-11H2,1-3H3;/t12-,13-,14-,15+,17-;/m1./s1. The molecule has 3 saturated carbocycles. The first-order valence-corrected chi connectivity index (χ1v) is 9.45. The van der Waals surface area contributed by atoms with Gasteiger partial charge in [-0.25, -0.2) is 0 Å². The Bertz CT molecular complexity index is 487. The van der Waals surface area contributed by atoms with E-state index in [0.717, 1.165) is 18.2 Å². The van der Waals surface area contributed by atoms with Crippen LogP contribution in [0.2, 0.25) is 6.32 Å². The summed E-state index contributed by atoms with van der Waals surface area (Å²) in [6.07, 6.45) is 8.18. The lowest BCUT2D eigenvalue weighted by Gasteiger charge is -2.64. The number of nitrogens with one attached hydrogen (secondary N) is 1. The van der Waals surface area contributed by atoms with Crippen LogP contribution in [-0.4, -0.2) is 38.1 Å². The van der Waals surface area contributed by atoms with Crippen LogP contribution in [0, 0.1) is 23.2 Å². The second-order valence-corrected chi connectivity index (χ2v) is 8.77. The SMILES string of the molecule is CC1(C)[C@H]2C[C@@H]3OB(CCC[C@@H]4CCNC4)O[C@]3(C)[C@@H]1C2.O=C=O. The average molecular weight is 335 g/mol. The summed E-state index contributed by atoms with van der Waals surface area (Å²) in [5.74, 6) is 2.43. The van der Waals surface area contributed by atoms with Gasteiger partial charge in [0.05, 0.1) is 11.7 Å². The van der Waals surface area contributed by atoms with E-state index in [9.17, 15) is 0 Å². The van der Waals surface area contributed by atoms with Crippen LogP contribution in [-0.2, 0) is 18.9 Å². The van der Waals surface area contributed by atoms with Crippen LogP contribution in [0.25, 0.3) is 0 Å². The Morgan fingerprint density at radius 2 is 2.00 bits per heavy atom. The minimum Gasteiger partial charge on any atom is -0.405 e. The van der Waals surface area contributed by atoms with Gasteiger partial charge in [0.25, 0.3) is 0 Å². The lowest BCUT2D eigenvalue weighted by molar-refractivity contribution is -0.199. The number of hydrogen-bond acceptors (Lipinski definition) is 5. The maximum atomic E-state index is 8.12. The van der Waals surface area contributed by atoms with Crippen LogP contribution in [0.15, 0.2) is 0 Å². The Morgan fingerprint density at radius 3 is 2.62 bits per heavy atom. The Morgan fingerprint density at radius 1 is 1.25 bits per heavy atom. The number of carbonyl (C=O) groups excluding carboxylic acids is 2. The van der Waals surface area contributed by atoms with Crippen LogP contribution in [0.3, 0.4) is 0 Å². The highest BCUT2D eigenvalue weighted by Crippen LogP contribution is 2.65. The molecular formula is C18H30BNO4. The molecule has 2 bridgehead atoms. The Balaban J connectivity index is 0.000000526. The fourth-order valence-electron chi connectivity index (χ4n) is 5.61. The van der Waals surface area contributed by atoms with Gasteiger partial charge < -0.3 is 14.6 Å². The van der Waals surface area contributed by atoms with Gasteiger partial charge in [-0.15, -0.1) is 0 Å². The van der Waals surface area contributed by atoms with Gasteiger partial charge in [-0.3, -0.25) is 0 Å². The largest absolute Gasteiger partial charge is 0.457 e. The van der Waals surface area contributed by atoms with Crippen molar-refractivity contribution in [1.82, 2.24) is 5.32 Å². The third-order valence-electron chi connectivity index (χ3n) is 7.22. The molecule has 5 atom stereocenters. The number of rotatable bonds is 4. The van der Waals surface area contributed by atoms with Crippen LogP contribution in [0.5, 0.6) is 0 Å². The van der Waals surface area contributed by atoms with Crippen molar-refractivity contribution in [2.24, 2.45) is 23.2 Å². The van der Waals surface area contributed by atoms with Crippen molar-refractivity contribution >= 4 is 13.3 Å². The fourth-order valence-corrected chi connectivity index (χ4v) is 5.61. The summed E-state index contributed by atoms with van der Waals surface area (Å²) in [6, 6.07) is 0. The van der Waals surface area contributed by atoms with Crippen LogP contribution < -0.4 is 5.32 Å². The highest BCUT2D eigenvalue weighted by atomic mass is 16.7. The Kier molecular flexibility index (Phi) is 5.22. The number of hydrogen-bond donors (Lipinski definition) is 1. The van der Waals surface area contributed by atoms with E-state index < -0.39 is 0 Å².